The van der Waals surface area contributed by atoms with Crippen LogP contribution in [0.3, 0.4) is 0 Å². The molecule has 4 aromatic rings. The highest BCUT2D eigenvalue weighted by atomic mass is 35.5. The molecule has 2 atom stereocenters. The summed E-state index contributed by atoms with van der Waals surface area (Å²) in [6.45, 7) is 0. The third-order valence-corrected chi connectivity index (χ3v) is 6.45. The molecule has 6 rings (SSSR count). The molecule has 34 heavy (non-hydrogen) atoms. The lowest BCUT2D eigenvalue weighted by Crippen LogP contribution is -2.32. The molecule has 2 aliphatic heterocycles. The molecule has 170 valence electrons. The summed E-state index contributed by atoms with van der Waals surface area (Å²) in [4.78, 5) is 4.46. The molecule has 0 bridgehead atoms. The molecule has 0 unspecified atom stereocenters. The molecule has 0 aliphatic carbocycles. The molecule has 0 saturated carbocycles. The van der Waals surface area contributed by atoms with Crippen molar-refractivity contribution in [3.8, 4) is 17.2 Å². The number of rotatable bonds is 4. The van der Waals surface area contributed by atoms with E-state index >= 15 is 0 Å². The van der Waals surface area contributed by atoms with Crippen molar-refractivity contribution in [3.63, 3.8) is 0 Å². The average Bonchev–Trinajstić information content (AvgIpc) is 3.35. The van der Waals surface area contributed by atoms with Crippen LogP contribution in [-0.2, 0) is 0 Å². The number of aromatic nitrogens is 3. The molecule has 2 aliphatic rings. The zero-order valence-corrected chi connectivity index (χ0v) is 19.3. The minimum Gasteiger partial charge on any atom is -0.497 e. The lowest BCUT2D eigenvalue weighted by Gasteiger charge is -2.39. The average molecular weight is 473 g/mol. The third-order valence-electron chi connectivity index (χ3n) is 6.21. The number of ether oxygens (including phenoxy) is 3. The summed E-state index contributed by atoms with van der Waals surface area (Å²) in [6.07, 6.45) is 1.10. The van der Waals surface area contributed by atoms with Crippen LogP contribution in [0.1, 0.15) is 28.8 Å². The lowest BCUT2D eigenvalue weighted by molar-refractivity contribution is 0.217. The summed E-state index contributed by atoms with van der Waals surface area (Å²) in [6, 6.07) is 21.3. The highest BCUT2D eigenvalue weighted by Crippen LogP contribution is 2.52. The van der Waals surface area contributed by atoms with Crippen molar-refractivity contribution in [2.24, 2.45) is 0 Å². The van der Waals surface area contributed by atoms with Crippen LogP contribution in [0.2, 0.25) is 5.02 Å². The molecule has 8 heteroatoms. The molecule has 0 amide bonds. The Hall–Kier alpha value is -3.97. The highest BCUT2D eigenvalue weighted by molar-refractivity contribution is 6.30. The maximum atomic E-state index is 6.66. The summed E-state index contributed by atoms with van der Waals surface area (Å²) < 4.78 is 19.7. The van der Waals surface area contributed by atoms with Crippen LogP contribution in [0.15, 0.2) is 78.6 Å². The molecule has 3 aromatic carbocycles. The summed E-state index contributed by atoms with van der Waals surface area (Å²) in [5.74, 6) is 2.75. The Kier molecular flexibility index (Phi) is 4.92. The predicted octanol–water partition coefficient (Wildman–Crippen LogP) is 5.51. The molecule has 0 saturated heterocycles. The summed E-state index contributed by atoms with van der Waals surface area (Å²) in [5, 5.41) is 8.66. The molecule has 0 fully saturated rings. The van der Waals surface area contributed by atoms with Gasteiger partial charge in [-0.3, -0.25) is 0 Å². The van der Waals surface area contributed by atoms with Crippen LogP contribution in [0.4, 0.5) is 5.95 Å². The fraction of sp³-hybridized carbons (Fsp3) is 0.154. The molecular weight excluding hydrogens is 452 g/mol. The minimum atomic E-state index is -0.459. The second-order valence-electron chi connectivity index (χ2n) is 8.04. The van der Waals surface area contributed by atoms with Crippen molar-refractivity contribution in [2.75, 3.05) is 19.5 Å². The largest absolute Gasteiger partial charge is 0.497 e. The fourth-order valence-electron chi connectivity index (χ4n) is 4.69. The summed E-state index contributed by atoms with van der Waals surface area (Å²) >= 11 is 6.40. The second-order valence-corrected chi connectivity index (χ2v) is 8.48. The van der Waals surface area contributed by atoms with Crippen LogP contribution in [0, 0.1) is 0 Å². The van der Waals surface area contributed by atoms with Gasteiger partial charge in [-0.25, -0.2) is 4.68 Å². The molecular formula is C26H21ClN4O3. The summed E-state index contributed by atoms with van der Waals surface area (Å²) in [7, 11) is 3.28. The predicted molar refractivity (Wildman–Crippen MR) is 130 cm³/mol. The quantitative estimate of drug-likeness (QED) is 0.422. The first-order chi connectivity index (χ1) is 16.7. The Balaban J connectivity index is 1.64. The Morgan fingerprint density at radius 2 is 1.85 bits per heavy atom. The third kappa shape index (κ3) is 3.20. The Morgan fingerprint density at radius 3 is 2.65 bits per heavy atom. The first-order valence-corrected chi connectivity index (χ1v) is 11.2. The molecule has 0 radical (unpaired) electrons. The van der Waals surface area contributed by atoms with Gasteiger partial charge in [0, 0.05) is 27.8 Å². The van der Waals surface area contributed by atoms with E-state index in [-0.39, 0.29) is 6.04 Å². The van der Waals surface area contributed by atoms with E-state index in [4.69, 9.17) is 25.8 Å². The molecule has 1 aromatic heterocycles. The first kappa shape index (κ1) is 20.6. The molecule has 3 heterocycles. The number of halogens is 1. The van der Waals surface area contributed by atoms with Crippen LogP contribution in [0.25, 0.3) is 5.70 Å². The second kappa shape index (κ2) is 8.11. The topological polar surface area (TPSA) is 70.4 Å². The highest BCUT2D eigenvalue weighted by Gasteiger charge is 2.42. The van der Waals surface area contributed by atoms with Crippen molar-refractivity contribution in [3.05, 3.63) is 100 Å². The standard InChI is InChI=1S/C26H21ClN4O3/c1-32-17-9-10-18(21(13-17)33-2)25-22-23(19-12-16(27)8-11-20(19)34-25)30-26-28-14-29-31(26)24(22)15-6-4-3-5-7-15/h3-14,24-25H,1-2H3,(H,28,29,30)/t24-,25-/m1/s1. The van der Waals surface area contributed by atoms with Gasteiger partial charge in [0.25, 0.3) is 0 Å². The smallest absolute Gasteiger partial charge is 0.226 e. The van der Waals surface area contributed by atoms with Gasteiger partial charge in [0.1, 0.15) is 29.6 Å². The fourth-order valence-corrected chi connectivity index (χ4v) is 4.86. The van der Waals surface area contributed by atoms with Crippen LogP contribution in [0.5, 0.6) is 17.2 Å². The molecule has 0 spiro atoms. The lowest BCUT2D eigenvalue weighted by atomic mass is 9.84. The van der Waals surface area contributed by atoms with Gasteiger partial charge >= 0.3 is 0 Å². The van der Waals surface area contributed by atoms with E-state index in [1.54, 1.807) is 20.5 Å². The van der Waals surface area contributed by atoms with Crippen LogP contribution in [-0.4, -0.2) is 29.0 Å². The number of hydrogen-bond acceptors (Lipinski definition) is 6. The maximum absolute atomic E-state index is 6.66. The SMILES string of the molecule is COc1ccc([C@H]2Oc3ccc(Cl)cc3C3=C2[C@@H](c2ccccc2)n2ncnc2N3)c(OC)c1. The number of hydrogen-bond donors (Lipinski definition) is 1. The van der Waals surface area contributed by atoms with E-state index < -0.39 is 6.10 Å². The van der Waals surface area contributed by atoms with Gasteiger partial charge < -0.3 is 19.5 Å². The Labute approximate surface area is 201 Å². The number of fused-ring (bicyclic) bond motifs is 3. The van der Waals surface area contributed by atoms with E-state index in [1.165, 1.54) is 0 Å². The van der Waals surface area contributed by atoms with Gasteiger partial charge in [0.2, 0.25) is 5.95 Å². The van der Waals surface area contributed by atoms with Gasteiger partial charge in [0.05, 0.1) is 19.9 Å². The number of anilines is 1. The van der Waals surface area contributed by atoms with E-state index in [0.717, 1.165) is 33.7 Å². The van der Waals surface area contributed by atoms with E-state index in [9.17, 15) is 0 Å². The normalized spacial score (nSPS) is 18.2. The number of benzene rings is 3. The van der Waals surface area contributed by atoms with Crippen molar-refractivity contribution < 1.29 is 14.2 Å². The molecule has 1 N–H and O–H groups in total. The molecule has 7 nitrogen and oxygen atoms in total. The first-order valence-electron chi connectivity index (χ1n) is 10.8. The van der Waals surface area contributed by atoms with Crippen molar-refractivity contribution in [1.82, 2.24) is 14.8 Å². The van der Waals surface area contributed by atoms with Crippen molar-refractivity contribution in [2.45, 2.75) is 12.1 Å². The number of methoxy groups -OCH3 is 2. The van der Waals surface area contributed by atoms with Crippen LogP contribution >= 0.6 is 11.6 Å². The van der Waals surface area contributed by atoms with Gasteiger partial charge in [-0.15, -0.1) is 0 Å². The summed E-state index contributed by atoms with van der Waals surface area (Å²) in [5.41, 5.74) is 4.71. The minimum absolute atomic E-state index is 0.251. The van der Waals surface area contributed by atoms with Crippen molar-refractivity contribution >= 4 is 23.2 Å². The Bertz CT molecular complexity index is 1420. The van der Waals surface area contributed by atoms with E-state index in [1.807, 2.05) is 59.3 Å². The van der Waals surface area contributed by atoms with Gasteiger partial charge in [-0.1, -0.05) is 41.9 Å². The Morgan fingerprint density at radius 1 is 1.00 bits per heavy atom. The van der Waals surface area contributed by atoms with Crippen molar-refractivity contribution in [1.29, 1.82) is 0 Å². The van der Waals surface area contributed by atoms with Gasteiger partial charge in [-0.2, -0.15) is 10.1 Å². The number of nitrogens with one attached hydrogen (secondary N) is 1. The monoisotopic (exact) mass is 472 g/mol. The zero-order chi connectivity index (χ0) is 23.2. The van der Waals surface area contributed by atoms with E-state index in [0.29, 0.717) is 22.5 Å². The van der Waals surface area contributed by atoms with Gasteiger partial charge in [0.15, 0.2) is 6.10 Å². The zero-order valence-electron chi connectivity index (χ0n) is 18.5. The van der Waals surface area contributed by atoms with Crippen LogP contribution < -0.4 is 19.5 Å². The maximum Gasteiger partial charge on any atom is 0.226 e. The van der Waals surface area contributed by atoms with E-state index in [2.05, 4.69) is 27.5 Å². The van der Waals surface area contributed by atoms with Gasteiger partial charge in [-0.05, 0) is 35.9 Å². The number of nitrogens with zero attached hydrogens (tertiary/aromatic N) is 3.